The Labute approximate surface area is 96.2 Å². The van der Waals surface area contributed by atoms with Crippen LogP contribution >= 0.6 is 0 Å². The standard InChI is InChI=1S/C11H11N3O3/c1-14-10(16)6-9(13-11(14)17)12-7-4-2-3-5-8(7)15/h2-6,12,15H,1H3,(H,13,17). The summed E-state index contributed by atoms with van der Waals surface area (Å²) in [6, 6.07) is 7.77. The van der Waals surface area contributed by atoms with Crippen molar-refractivity contribution in [3.8, 4) is 5.75 Å². The molecular weight excluding hydrogens is 222 g/mol. The Balaban J connectivity index is 2.41. The van der Waals surface area contributed by atoms with E-state index in [2.05, 4.69) is 10.3 Å². The third kappa shape index (κ3) is 2.20. The predicted octanol–water partition coefficient (Wildman–Crippen LogP) is 0.523. The van der Waals surface area contributed by atoms with Crippen LogP contribution in [0.1, 0.15) is 0 Å². The summed E-state index contributed by atoms with van der Waals surface area (Å²) in [6.45, 7) is 0. The summed E-state index contributed by atoms with van der Waals surface area (Å²) < 4.78 is 0.954. The smallest absolute Gasteiger partial charge is 0.329 e. The number of rotatable bonds is 2. The highest BCUT2D eigenvalue weighted by atomic mass is 16.3. The molecule has 0 saturated heterocycles. The summed E-state index contributed by atoms with van der Waals surface area (Å²) in [6.07, 6.45) is 0. The highest BCUT2D eigenvalue weighted by Crippen LogP contribution is 2.23. The first-order valence-electron chi connectivity index (χ1n) is 4.93. The van der Waals surface area contributed by atoms with Crippen molar-refractivity contribution in [3.63, 3.8) is 0 Å². The van der Waals surface area contributed by atoms with E-state index in [0.29, 0.717) is 5.69 Å². The van der Waals surface area contributed by atoms with Crippen LogP contribution < -0.4 is 16.6 Å². The number of aromatic amines is 1. The number of benzene rings is 1. The Morgan fingerprint density at radius 3 is 2.65 bits per heavy atom. The highest BCUT2D eigenvalue weighted by molar-refractivity contribution is 5.62. The van der Waals surface area contributed by atoms with Crippen molar-refractivity contribution in [2.45, 2.75) is 0 Å². The molecule has 17 heavy (non-hydrogen) atoms. The first-order chi connectivity index (χ1) is 8.08. The quantitative estimate of drug-likeness (QED) is 0.660. The Morgan fingerprint density at radius 1 is 1.29 bits per heavy atom. The van der Waals surface area contributed by atoms with E-state index in [0.717, 1.165) is 4.57 Å². The molecule has 3 N–H and O–H groups in total. The van der Waals surface area contributed by atoms with Gasteiger partial charge in [-0.3, -0.25) is 14.3 Å². The molecule has 0 aliphatic rings. The maximum atomic E-state index is 11.4. The minimum absolute atomic E-state index is 0.0361. The lowest BCUT2D eigenvalue weighted by atomic mass is 10.3. The van der Waals surface area contributed by atoms with Crippen LogP contribution in [0.2, 0.25) is 0 Å². The number of hydrogen-bond donors (Lipinski definition) is 3. The number of anilines is 2. The molecule has 6 nitrogen and oxygen atoms in total. The number of para-hydroxylation sites is 2. The molecular formula is C11H11N3O3. The molecule has 6 heteroatoms. The van der Waals surface area contributed by atoms with Crippen LogP contribution in [0, 0.1) is 0 Å². The minimum Gasteiger partial charge on any atom is -0.506 e. The number of phenols is 1. The van der Waals surface area contributed by atoms with E-state index in [1.165, 1.54) is 19.2 Å². The molecule has 0 unspecified atom stereocenters. The fraction of sp³-hybridized carbons (Fsp3) is 0.0909. The SMILES string of the molecule is Cn1c(=O)cc(Nc2ccccc2O)[nH]c1=O. The molecule has 1 heterocycles. The third-order valence-corrected chi connectivity index (χ3v) is 2.32. The Hall–Kier alpha value is -2.50. The molecule has 88 valence electrons. The lowest BCUT2D eigenvalue weighted by Gasteiger charge is -2.07. The fourth-order valence-electron chi connectivity index (χ4n) is 1.35. The molecule has 0 saturated carbocycles. The van der Waals surface area contributed by atoms with Crippen molar-refractivity contribution >= 4 is 11.5 Å². The third-order valence-electron chi connectivity index (χ3n) is 2.32. The van der Waals surface area contributed by atoms with Gasteiger partial charge in [0.2, 0.25) is 0 Å². The van der Waals surface area contributed by atoms with Gasteiger partial charge in [-0.05, 0) is 12.1 Å². The predicted molar refractivity (Wildman–Crippen MR) is 63.7 cm³/mol. The minimum atomic E-state index is -0.518. The molecule has 2 rings (SSSR count). The van der Waals surface area contributed by atoms with Gasteiger partial charge < -0.3 is 10.4 Å². The summed E-state index contributed by atoms with van der Waals surface area (Å²) in [5.41, 5.74) is -0.529. The van der Waals surface area contributed by atoms with Crippen LogP contribution in [0.25, 0.3) is 0 Å². The van der Waals surface area contributed by atoms with Crippen LogP contribution in [0.15, 0.2) is 39.9 Å². The van der Waals surface area contributed by atoms with Crippen molar-refractivity contribution in [2.75, 3.05) is 5.32 Å². The van der Waals surface area contributed by atoms with E-state index in [1.807, 2.05) is 0 Å². The van der Waals surface area contributed by atoms with Gasteiger partial charge >= 0.3 is 5.69 Å². The van der Waals surface area contributed by atoms with Gasteiger partial charge in [-0.25, -0.2) is 4.79 Å². The lowest BCUT2D eigenvalue weighted by molar-refractivity contribution is 0.477. The molecule has 0 radical (unpaired) electrons. The van der Waals surface area contributed by atoms with Crippen molar-refractivity contribution in [1.29, 1.82) is 0 Å². The van der Waals surface area contributed by atoms with Gasteiger partial charge in [-0.15, -0.1) is 0 Å². The highest BCUT2D eigenvalue weighted by Gasteiger charge is 2.03. The summed E-state index contributed by atoms with van der Waals surface area (Å²) in [5, 5.41) is 12.3. The molecule has 0 aliphatic carbocycles. The zero-order chi connectivity index (χ0) is 12.4. The first kappa shape index (κ1) is 11.0. The van der Waals surface area contributed by atoms with Crippen molar-refractivity contribution in [3.05, 3.63) is 51.2 Å². The molecule has 2 aromatic rings. The Morgan fingerprint density at radius 2 is 2.00 bits per heavy atom. The van der Waals surface area contributed by atoms with Crippen LogP contribution in [0.3, 0.4) is 0 Å². The monoisotopic (exact) mass is 233 g/mol. The lowest BCUT2D eigenvalue weighted by Crippen LogP contribution is -2.32. The average molecular weight is 233 g/mol. The van der Waals surface area contributed by atoms with Crippen molar-refractivity contribution < 1.29 is 5.11 Å². The normalized spacial score (nSPS) is 10.2. The second kappa shape index (κ2) is 4.17. The van der Waals surface area contributed by atoms with E-state index in [1.54, 1.807) is 18.2 Å². The van der Waals surface area contributed by atoms with E-state index < -0.39 is 11.2 Å². The van der Waals surface area contributed by atoms with Gasteiger partial charge in [0.1, 0.15) is 11.6 Å². The van der Waals surface area contributed by atoms with Crippen LogP contribution in [-0.2, 0) is 7.05 Å². The molecule has 1 aromatic carbocycles. The van der Waals surface area contributed by atoms with Gasteiger partial charge in [0.05, 0.1) is 5.69 Å². The number of nitrogens with zero attached hydrogens (tertiary/aromatic N) is 1. The summed E-state index contributed by atoms with van der Waals surface area (Å²) >= 11 is 0. The number of aromatic hydroxyl groups is 1. The second-order valence-electron chi connectivity index (χ2n) is 3.53. The molecule has 0 bridgehead atoms. The molecule has 0 spiro atoms. The van der Waals surface area contributed by atoms with Gasteiger partial charge in [0.15, 0.2) is 0 Å². The molecule has 1 aromatic heterocycles. The van der Waals surface area contributed by atoms with Gasteiger partial charge in [-0.2, -0.15) is 0 Å². The van der Waals surface area contributed by atoms with Gasteiger partial charge in [0, 0.05) is 13.1 Å². The van der Waals surface area contributed by atoms with Gasteiger partial charge in [0.25, 0.3) is 5.56 Å². The topological polar surface area (TPSA) is 87.1 Å². The molecule has 0 atom stereocenters. The molecule has 0 fully saturated rings. The van der Waals surface area contributed by atoms with Crippen LogP contribution in [0.5, 0.6) is 5.75 Å². The van der Waals surface area contributed by atoms with E-state index in [-0.39, 0.29) is 11.6 Å². The van der Waals surface area contributed by atoms with Crippen molar-refractivity contribution in [2.24, 2.45) is 7.05 Å². The van der Waals surface area contributed by atoms with Crippen molar-refractivity contribution in [1.82, 2.24) is 9.55 Å². The zero-order valence-electron chi connectivity index (χ0n) is 9.10. The summed E-state index contributed by atoms with van der Waals surface area (Å²) in [5.74, 6) is 0.272. The van der Waals surface area contributed by atoms with Crippen LogP contribution in [0.4, 0.5) is 11.5 Å². The molecule has 0 amide bonds. The van der Waals surface area contributed by atoms with E-state index in [4.69, 9.17) is 0 Å². The number of nitrogens with one attached hydrogen (secondary N) is 2. The Bertz CT molecular complexity index is 626. The number of phenolic OH excluding ortho intramolecular Hbond substituents is 1. The van der Waals surface area contributed by atoms with E-state index >= 15 is 0 Å². The maximum Gasteiger partial charge on any atom is 0.329 e. The van der Waals surface area contributed by atoms with Gasteiger partial charge in [-0.1, -0.05) is 12.1 Å². The zero-order valence-corrected chi connectivity index (χ0v) is 9.10. The number of aromatic nitrogens is 2. The van der Waals surface area contributed by atoms with Crippen LogP contribution in [-0.4, -0.2) is 14.7 Å². The fourth-order valence-corrected chi connectivity index (χ4v) is 1.35. The first-order valence-corrected chi connectivity index (χ1v) is 4.93. The Kier molecular flexibility index (Phi) is 2.70. The maximum absolute atomic E-state index is 11.4. The average Bonchev–Trinajstić information content (AvgIpc) is 2.29. The number of H-pyrrole nitrogens is 1. The largest absolute Gasteiger partial charge is 0.506 e. The van der Waals surface area contributed by atoms with E-state index in [9.17, 15) is 14.7 Å². The summed E-state index contributed by atoms with van der Waals surface area (Å²) in [4.78, 5) is 25.2. The number of hydrogen-bond acceptors (Lipinski definition) is 4. The molecule has 0 aliphatic heterocycles. The second-order valence-corrected chi connectivity index (χ2v) is 3.53. The summed E-state index contributed by atoms with van der Waals surface area (Å²) in [7, 11) is 1.38.